The number of hydrogen-bond donors (Lipinski definition) is 2. The van der Waals surface area contributed by atoms with Crippen LogP contribution in [0, 0.1) is 12.3 Å². The summed E-state index contributed by atoms with van der Waals surface area (Å²) in [6, 6.07) is 10.1. The standard InChI is InChI=1S/C19H25N3O2S/c1-14-16(25-17(22-14)15-6-4-3-5-7-15)12-21-18(23)19(13-24-2)8-10-20-11-9-19/h3-7,20H,8-13H2,1-2H3,(H,21,23). The Bertz CT molecular complexity index is 703. The van der Waals surface area contributed by atoms with Crippen LogP contribution in [-0.4, -0.2) is 37.7 Å². The molecule has 0 spiro atoms. The third-order valence-electron chi connectivity index (χ3n) is 4.79. The van der Waals surface area contributed by atoms with Crippen LogP contribution in [0.3, 0.4) is 0 Å². The van der Waals surface area contributed by atoms with Gasteiger partial charge in [0, 0.05) is 17.6 Å². The van der Waals surface area contributed by atoms with Gasteiger partial charge in [0.25, 0.3) is 0 Å². The predicted molar refractivity (Wildman–Crippen MR) is 101 cm³/mol. The van der Waals surface area contributed by atoms with Crippen LogP contribution in [0.4, 0.5) is 0 Å². The number of nitrogens with zero attached hydrogens (tertiary/aromatic N) is 1. The fourth-order valence-corrected chi connectivity index (χ4v) is 4.27. The molecule has 2 N–H and O–H groups in total. The average molecular weight is 359 g/mol. The molecule has 1 aromatic heterocycles. The second kappa shape index (κ2) is 8.08. The summed E-state index contributed by atoms with van der Waals surface area (Å²) in [4.78, 5) is 18.6. The molecule has 1 aromatic carbocycles. The molecule has 5 nitrogen and oxygen atoms in total. The minimum absolute atomic E-state index is 0.0879. The van der Waals surface area contributed by atoms with Gasteiger partial charge in [0.15, 0.2) is 0 Å². The summed E-state index contributed by atoms with van der Waals surface area (Å²) < 4.78 is 5.35. The molecular formula is C19H25N3O2S. The SMILES string of the molecule is COCC1(C(=O)NCc2sc(-c3ccccc3)nc2C)CCNCC1. The largest absolute Gasteiger partial charge is 0.384 e. The number of piperidine rings is 1. The van der Waals surface area contributed by atoms with Gasteiger partial charge in [0.2, 0.25) is 5.91 Å². The van der Waals surface area contributed by atoms with Crippen LogP contribution in [0.15, 0.2) is 30.3 Å². The fraction of sp³-hybridized carbons (Fsp3) is 0.474. The van der Waals surface area contributed by atoms with E-state index >= 15 is 0 Å². The first kappa shape index (κ1) is 18.0. The van der Waals surface area contributed by atoms with Crippen LogP contribution in [0.2, 0.25) is 0 Å². The van der Waals surface area contributed by atoms with Gasteiger partial charge in [-0.25, -0.2) is 4.98 Å². The number of carbonyl (C=O) groups excluding carboxylic acids is 1. The zero-order chi connectivity index (χ0) is 17.7. The molecule has 1 aliphatic heterocycles. The number of amides is 1. The third kappa shape index (κ3) is 4.08. The molecule has 0 bridgehead atoms. The summed E-state index contributed by atoms with van der Waals surface area (Å²) in [5, 5.41) is 7.43. The molecule has 0 radical (unpaired) electrons. The molecule has 2 aromatic rings. The van der Waals surface area contributed by atoms with E-state index in [4.69, 9.17) is 4.74 Å². The maximum Gasteiger partial charge on any atom is 0.228 e. The number of rotatable bonds is 6. The van der Waals surface area contributed by atoms with Crippen molar-refractivity contribution >= 4 is 17.2 Å². The lowest BCUT2D eigenvalue weighted by Crippen LogP contribution is -2.49. The highest BCUT2D eigenvalue weighted by molar-refractivity contribution is 7.15. The molecule has 1 amide bonds. The second-order valence-electron chi connectivity index (χ2n) is 6.54. The first-order valence-electron chi connectivity index (χ1n) is 8.64. The van der Waals surface area contributed by atoms with Crippen molar-refractivity contribution in [3.8, 4) is 10.6 Å². The van der Waals surface area contributed by atoms with Crippen molar-refractivity contribution in [1.82, 2.24) is 15.6 Å². The number of methoxy groups -OCH3 is 1. The maximum absolute atomic E-state index is 12.8. The van der Waals surface area contributed by atoms with E-state index in [1.165, 1.54) is 0 Å². The van der Waals surface area contributed by atoms with Gasteiger partial charge in [-0.1, -0.05) is 30.3 Å². The Labute approximate surface area is 152 Å². The first-order chi connectivity index (χ1) is 12.1. The smallest absolute Gasteiger partial charge is 0.228 e. The fourth-order valence-electron chi connectivity index (χ4n) is 3.26. The van der Waals surface area contributed by atoms with Gasteiger partial charge in [-0.3, -0.25) is 4.79 Å². The Morgan fingerprint density at radius 3 is 2.72 bits per heavy atom. The van der Waals surface area contributed by atoms with Crippen LogP contribution in [-0.2, 0) is 16.1 Å². The average Bonchev–Trinajstić information content (AvgIpc) is 3.02. The molecule has 1 aliphatic rings. The monoisotopic (exact) mass is 359 g/mol. The normalized spacial score (nSPS) is 16.6. The van der Waals surface area contributed by atoms with Crippen LogP contribution in [0.5, 0.6) is 0 Å². The highest BCUT2D eigenvalue weighted by atomic mass is 32.1. The van der Waals surface area contributed by atoms with Crippen molar-refractivity contribution in [3.05, 3.63) is 40.9 Å². The number of thiazole rings is 1. The van der Waals surface area contributed by atoms with Crippen molar-refractivity contribution in [2.45, 2.75) is 26.3 Å². The van der Waals surface area contributed by atoms with Crippen LogP contribution in [0.1, 0.15) is 23.4 Å². The zero-order valence-corrected chi connectivity index (χ0v) is 15.6. The lowest BCUT2D eigenvalue weighted by Gasteiger charge is -2.35. The third-order valence-corrected chi connectivity index (χ3v) is 5.99. The number of hydrogen-bond acceptors (Lipinski definition) is 5. The molecule has 0 aliphatic carbocycles. The molecular weight excluding hydrogens is 334 g/mol. The Kier molecular flexibility index (Phi) is 5.83. The molecule has 2 heterocycles. The van der Waals surface area contributed by atoms with Crippen LogP contribution >= 0.6 is 11.3 Å². The van der Waals surface area contributed by atoms with Crippen molar-refractivity contribution < 1.29 is 9.53 Å². The Morgan fingerprint density at radius 1 is 1.32 bits per heavy atom. The van der Waals surface area contributed by atoms with E-state index in [1.807, 2.05) is 25.1 Å². The molecule has 3 rings (SSSR count). The number of benzene rings is 1. The van der Waals surface area contributed by atoms with E-state index in [2.05, 4.69) is 27.8 Å². The Balaban J connectivity index is 1.68. The number of ether oxygens (including phenoxy) is 1. The second-order valence-corrected chi connectivity index (χ2v) is 7.62. The lowest BCUT2D eigenvalue weighted by atomic mass is 9.78. The van der Waals surface area contributed by atoms with E-state index in [9.17, 15) is 4.79 Å². The van der Waals surface area contributed by atoms with Crippen molar-refractivity contribution in [1.29, 1.82) is 0 Å². The maximum atomic E-state index is 12.8. The molecule has 0 saturated carbocycles. The van der Waals surface area contributed by atoms with E-state index in [0.29, 0.717) is 13.2 Å². The summed E-state index contributed by atoms with van der Waals surface area (Å²) in [6.07, 6.45) is 1.62. The van der Waals surface area contributed by atoms with Gasteiger partial charge in [-0.05, 0) is 32.9 Å². The number of aromatic nitrogens is 1. The van der Waals surface area contributed by atoms with Gasteiger partial charge < -0.3 is 15.4 Å². The molecule has 6 heteroatoms. The predicted octanol–water partition coefficient (Wildman–Crippen LogP) is 2.75. The summed E-state index contributed by atoms with van der Waals surface area (Å²) in [7, 11) is 1.66. The number of aryl methyl sites for hydroxylation is 1. The van der Waals surface area contributed by atoms with Gasteiger partial charge in [0.1, 0.15) is 5.01 Å². The van der Waals surface area contributed by atoms with Gasteiger partial charge in [-0.15, -0.1) is 11.3 Å². The molecule has 1 saturated heterocycles. The zero-order valence-electron chi connectivity index (χ0n) is 14.8. The van der Waals surface area contributed by atoms with Gasteiger partial charge in [0.05, 0.1) is 24.3 Å². The molecule has 0 atom stereocenters. The number of nitrogens with one attached hydrogen (secondary N) is 2. The quantitative estimate of drug-likeness (QED) is 0.832. The first-order valence-corrected chi connectivity index (χ1v) is 9.46. The van der Waals surface area contributed by atoms with Crippen molar-refractivity contribution in [2.24, 2.45) is 5.41 Å². The highest BCUT2D eigenvalue weighted by Gasteiger charge is 2.39. The minimum atomic E-state index is -0.416. The van der Waals surface area contributed by atoms with E-state index in [-0.39, 0.29) is 5.91 Å². The van der Waals surface area contributed by atoms with Gasteiger partial charge >= 0.3 is 0 Å². The molecule has 1 fully saturated rings. The van der Waals surface area contributed by atoms with E-state index in [1.54, 1.807) is 18.4 Å². The lowest BCUT2D eigenvalue weighted by molar-refractivity contribution is -0.136. The van der Waals surface area contributed by atoms with Crippen molar-refractivity contribution in [3.63, 3.8) is 0 Å². The molecule has 0 unspecified atom stereocenters. The summed E-state index contributed by atoms with van der Waals surface area (Å²) >= 11 is 1.64. The van der Waals surface area contributed by atoms with E-state index in [0.717, 1.165) is 47.1 Å². The topological polar surface area (TPSA) is 63.2 Å². The highest BCUT2D eigenvalue weighted by Crippen LogP contribution is 2.31. The Hall–Kier alpha value is -1.76. The van der Waals surface area contributed by atoms with Gasteiger partial charge in [-0.2, -0.15) is 0 Å². The summed E-state index contributed by atoms with van der Waals surface area (Å²) in [5.74, 6) is 0.0879. The van der Waals surface area contributed by atoms with Crippen LogP contribution < -0.4 is 10.6 Å². The molecule has 134 valence electrons. The summed E-state index contributed by atoms with van der Waals surface area (Å²) in [6.45, 7) is 4.70. The van der Waals surface area contributed by atoms with Crippen molar-refractivity contribution in [2.75, 3.05) is 26.8 Å². The van der Waals surface area contributed by atoms with E-state index < -0.39 is 5.41 Å². The molecule has 25 heavy (non-hydrogen) atoms. The number of carbonyl (C=O) groups is 1. The summed E-state index contributed by atoms with van der Waals surface area (Å²) in [5.41, 5.74) is 1.68. The minimum Gasteiger partial charge on any atom is -0.384 e. The van der Waals surface area contributed by atoms with Crippen LogP contribution in [0.25, 0.3) is 10.6 Å². The Morgan fingerprint density at radius 2 is 2.04 bits per heavy atom.